The average Bonchev–Trinajstić information content (AvgIpc) is 3.39. The van der Waals surface area contributed by atoms with E-state index in [2.05, 4.69) is 33.4 Å². The van der Waals surface area contributed by atoms with Gasteiger partial charge >= 0.3 is 5.97 Å². The maximum Gasteiger partial charge on any atom is 0.341 e. The zero-order valence-corrected chi connectivity index (χ0v) is 16.2. The third kappa shape index (κ3) is 2.92. The topological polar surface area (TPSA) is 88.1 Å². The van der Waals surface area contributed by atoms with E-state index in [1.807, 2.05) is 24.3 Å². The molecule has 0 unspecified atom stereocenters. The molecule has 3 aromatic heterocycles. The molecule has 0 amide bonds. The minimum Gasteiger partial charge on any atom is -0.480 e. The van der Waals surface area contributed by atoms with Gasteiger partial charge in [0, 0.05) is 32.3 Å². The number of thiophene rings is 1. The third-order valence-corrected chi connectivity index (χ3v) is 6.00. The van der Waals surface area contributed by atoms with Crippen molar-refractivity contribution in [1.29, 1.82) is 0 Å². The molecule has 5 rings (SSSR count). The molecule has 142 valence electrons. The van der Waals surface area contributed by atoms with Gasteiger partial charge in [0.1, 0.15) is 5.56 Å². The molecule has 0 bridgehead atoms. The fourth-order valence-electron chi connectivity index (χ4n) is 3.46. The number of rotatable bonds is 4. The van der Waals surface area contributed by atoms with Crippen LogP contribution in [0.5, 0.6) is 5.88 Å². The lowest BCUT2D eigenvalue weighted by Gasteiger charge is -2.09. The highest BCUT2D eigenvalue weighted by Gasteiger charge is 2.16. The number of pyridine rings is 1. The first kappa shape index (κ1) is 17.4. The smallest absolute Gasteiger partial charge is 0.341 e. The van der Waals surface area contributed by atoms with Crippen LogP contribution in [0, 0.1) is 0 Å². The molecule has 0 spiro atoms. The summed E-state index contributed by atoms with van der Waals surface area (Å²) in [6.07, 6.45) is 3.39. The Labute approximate surface area is 169 Å². The van der Waals surface area contributed by atoms with Crippen LogP contribution in [-0.4, -0.2) is 33.4 Å². The number of carbonyl (C=O) groups is 1. The number of hydrogen-bond acceptors (Lipinski definition) is 5. The van der Waals surface area contributed by atoms with E-state index in [9.17, 15) is 9.90 Å². The van der Waals surface area contributed by atoms with Gasteiger partial charge in [-0.3, -0.25) is 5.10 Å². The van der Waals surface area contributed by atoms with Crippen molar-refractivity contribution in [2.45, 2.75) is 0 Å². The zero-order valence-electron chi connectivity index (χ0n) is 15.3. The predicted molar refractivity (Wildman–Crippen MR) is 114 cm³/mol. The van der Waals surface area contributed by atoms with E-state index in [4.69, 9.17) is 4.74 Å². The van der Waals surface area contributed by atoms with E-state index in [1.54, 1.807) is 29.8 Å². The number of H-pyrrole nitrogens is 1. The Kier molecular flexibility index (Phi) is 4.03. The van der Waals surface area contributed by atoms with Crippen molar-refractivity contribution in [3.63, 3.8) is 0 Å². The van der Waals surface area contributed by atoms with Gasteiger partial charge in [0.05, 0.1) is 18.8 Å². The SMILES string of the molecule is COc1ncc(-c2cc(-c3cc4ccccc4s3)c3[nH]ncc3c2)cc1C(=O)O. The van der Waals surface area contributed by atoms with Crippen LogP contribution in [0.1, 0.15) is 10.4 Å². The number of ether oxygens (including phenoxy) is 1. The quantitative estimate of drug-likeness (QED) is 0.431. The highest BCUT2D eigenvalue weighted by atomic mass is 32.1. The lowest BCUT2D eigenvalue weighted by molar-refractivity contribution is 0.0692. The summed E-state index contributed by atoms with van der Waals surface area (Å²) in [5, 5.41) is 18.9. The lowest BCUT2D eigenvalue weighted by atomic mass is 9.99. The van der Waals surface area contributed by atoms with Crippen LogP contribution in [0.3, 0.4) is 0 Å². The minimum atomic E-state index is -1.08. The van der Waals surface area contributed by atoms with Crippen molar-refractivity contribution >= 4 is 38.3 Å². The number of fused-ring (bicyclic) bond motifs is 2. The summed E-state index contributed by atoms with van der Waals surface area (Å²) in [6.45, 7) is 0. The first-order valence-corrected chi connectivity index (χ1v) is 9.69. The van der Waals surface area contributed by atoms with Crippen LogP contribution in [0.4, 0.5) is 0 Å². The second kappa shape index (κ2) is 6.72. The Bertz CT molecular complexity index is 1350. The highest BCUT2D eigenvalue weighted by Crippen LogP contribution is 2.39. The molecule has 5 aromatic rings. The number of aromatic carboxylic acids is 1. The van der Waals surface area contributed by atoms with Gasteiger partial charge in [-0.1, -0.05) is 18.2 Å². The Morgan fingerprint density at radius 2 is 1.93 bits per heavy atom. The van der Waals surface area contributed by atoms with Crippen LogP contribution in [0.15, 0.2) is 60.9 Å². The fourth-order valence-corrected chi connectivity index (χ4v) is 4.54. The first-order valence-electron chi connectivity index (χ1n) is 8.88. The molecule has 7 heteroatoms. The van der Waals surface area contributed by atoms with Crippen molar-refractivity contribution in [3.05, 3.63) is 66.5 Å². The van der Waals surface area contributed by atoms with Gasteiger partial charge in [-0.05, 0) is 41.3 Å². The maximum atomic E-state index is 11.6. The normalized spacial score (nSPS) is 11.2. The van der Waals surface area contributed by atoms with E-state index in [1.165, 1.54) is 17.2 Å². The molecular formula is C22H15N3O3S. The Morgan fingerprint density at radius 3 is 2.72 bits per heavy atom. The van der Waals surface area contributed by atoms with Gasteiger partial charge in [0.2, 0.25) is 5.88 Å². The molecule has 0 aliphatic carbocycles. The Balaban J connectivity index is 1.72. The highest BCUT2D eigenvalue weighted by molar-refractivity contribution is 7.22. The van der Waals surface area contributed by atoms with Crippen LogP contribution in [0.2, 0.25) is 0 Å². The number of aromatic nitrogens is 3. The molecule has 6 nitrogen and oxygen atoms in total. The average molecular weight is 401 g/mol. The van der Waals surface area contributed by atoms with Crippen LogP contribution >= 0.6 is 11.3 Å². The Hall–Kier alpha value is -3.71. The summed E-state index contributed by atoms with van der Waals surface area (Å²) in [6, 6.07) is 16.0. The number of nitrogens with one attached hydrogen (secondary N) is 1. The van der Waals surface area contributed by atoms with Gasteiger partial charge in [-0.15, -0.1) is 11.3 Å². The van der Waals surface area contributed by atoms with Crippen LogP contribution in [-0.2, 0) is 0 Å². The van der Waals surface area contributed by atoms with E-state index in [0.717, 1.165) is 26.9 Å². The Morgan fingerprint density at radius 1 is 1.07 bits per heavy atom. The van der Waals surface area contributed by atoms with Crippen LogP contribution in [0.25, 0.3) is 42.6 Å². The number of methoxy groups -OCH3 is 1. The molecule has 0 radical (unpaired) electrons. The molecule has 3 heterocycles. The summed E-state index contributed by atoms with van der Waals surface area (Å²) in [5.74, 6) is -0.985. The van der Waals surface area contributed by atoms with Gasteiger partial charge in [-0.25, -0.2) is 9.78 Å². The largest absolute Gasteiger partial charge is 0.480 e. The molecule has 0 fully saturated rings. The van der Waals surface area contributed by atoms with E-state index < -0.39 is 5.97 Å². The number of aromatic amines is 1. The molecule has 2 aromatic carbocycles. The monoisotopic (exact) mass is 401 g/mol. The van der Waals surface area contributed by atoms with Gasteiger partial charge < -0.3 is 9.84 Å². The van der Waals surface area contributed by atoms with E-state index in [0.29, 0.717) is 5.56 Å². The standard InChI is InChI=1S/C22H15N3O3S/c1-28-21-17(22(26)27)8-14(10-23-21)13-6-15-11-24-25-20(15)16(7-13)19-9-12-4-2-3-5-18(12)29-19/h2-11H,1H3,(H,24,25)(H,26,27). The summed E-state index contributed by atoms with van der Waals surface area (Å²) in [4.78, 5) is 16.9. The molecule has 29 heavy (non-hydrogen) atoms. The van der Waals surface area contributed by atoms with Crippen molar-refractivity contribution < 1.29 is 14.6 Å². The minimum absolute atomic E-state index is 0.0284. The zero-order chi connectivity index (χ0) is 20.0. The second-order valence-corrected chi connectivity index (χ2v) is 7.68. The van der Waals surface area contributed by atoms with Gasteiger partial charge in [0.15, 0.2) is 0 Å². The lowest BCUT2D eigenvalue weighted by Crippen LogP contribution is -2.02. The third-order valence-electron chi connectivity index (χ3n) is 4.85. The maximum absolute atomic E-state index is 11.6. The summed E-state index contributed by atoms with van der Waals surface area (Å²) >= 11 is 1.71. The van der Waals surface area contributed by atoms with E-state index in [-0.39, 0.29) is 11.4 Å². The predicted octanol–water partition coefficient (Wildman–Crippen LogP) is 5.21. The van der Waals surface area contributed by atoms with Crippen molar-refractivity contribution in [2.24, 2.45) is 0 Å². The molecule has 0 aliphatic heterocycles. The number of nitrogens with zero attached hydrogens (tertiary/aromatic N) is 2. The van der Waals surface area contributed by atoms with Gasteiger partial charge in [-0.2, -0.15) is 5.10 Å². The van der Waals surface area contributed by atoms with Crippen molar-refractivity contribution in [1.82, 2.24) is 15.2 Å². The molecule has 0 saturated carbocycles. The van der Waals surface area contributed by atoms with Crippen LogP contribution < -0.4 is 4.74 Å². The van der Waals surface area contributed by atoms with Crippen molar-refractivity contribution in [2.75, 3.05) is 7.11 Å². The summed E-state index contributed by atoms with van der Waals surface area (Å²) in [7, 11) is 1.41. The second-order valence-electron chi connectivity index (χ2n) is 6.59. The number of benzene rings is 2. The number of hydrogen-bond donors (Lipinski definition) is 2. The number of carboxylic acid groups (broad SMARTS) is 1. The summed E-state index contributed by atoms with van der Waals surface area (Å²) in [5.41, 5.74) is 3.56. The molecule has 0 atom stereocenters. The fraction of sp³-hybridized carbons (Fsp3) is 0.0455. The summed E-state index contributed by atoms with van der Waals surface area (Å²) < 4.78 is 6.28. The first-order chi connectivity index (χ1) is 14.1. The molecular weight excluding hydrogens is 386 g/mol. The molecule has 0 saturated heterocycles. The van der Waals surface area contributed by atoms with Crippen molar-refractivity contribution in [3.8, 4) is 27.4 Å². The van der Waals surface area contributed by atoms with Gasteiger partial charge in [0.25, 0.3) is 0 Å². The van der Waals surface area contributed by atoms with E-state index >= 15 is 0 Å². The molecule has 2 N–H and O–H groups in total. The number of carboxylic acids is 1. The molecule has 0 aliphatic rings.